The Morgan fingerprint density at radius 2 is 2.37 bits per heavy atom. The largest absolute Gasteiger partial charge is 0.374 e. The topological polar surface area (TPSA) is 41.6 Å². The van der Waals surface area contributed by atoms with Crippen molar-refractivity contribution in [2.75, 3.05) is 33.3 Å². The van der Waals surface area contributed by atoms with E-state index in [1.54, 1.807) is 0 Å². The lowest BCUT2D eigenvalue weighted by Crippen LogP contribution is -2.45. The summed E-state index contributed by atoms with van der Waals surface area (Å²) in [5, 5.41) is 2.93. The van der Waals surface area contributed by atoms with Crippen LogP contribution >= 0.6 is 15.9 Å². The molecule has 1 fully saturated rings. The molecule has 5 heteroatoms. The van der Waals surface area contributed by atoms with Crippen LogP contribution in [0.2, 0.25) is 0 Å². The number of hydrogen-bond donors (Lipinski definition) is 1. The molecule has 1 atom stereocenters. The van der Waals surface area contributed by atoms with E-state index in [9.17, 15) is 4.79 Å². The van der Waals surface area contributed by atoms with Crippen molar-refractivity contribution in [1.82, 2.24) is 10.2 Å². The van der Waals surface area contributed by atoms with Crippen LogP contribution in [-0.2, 0) is 4.74 Å². The Hall–Kier alpha value is -0.910. The van der Waals surface area contributed by atoms with Gasteiger partial charge in [-0.15, -0.1) is 0 Å². The average Bonchev–Trinajstić information content (AvgIpc) is 2.36. The Bertz CT molecular complexity index is 465. The summed E-state index contributed by atoms with van der Waals surface area (Å²) < 4.78 is 6.44. The van der Waals surface area contributed by atoms with E-state index in [1.165, 1.54) is 0 Å². The lowest BCUT2D eigenvalue weighted by atomic mass is 10.1. The Kier molecular flexibility index (Phi) is 4.96. The number of carbonyl (C=O) groups excluding carboxylic acids is 1. The molecule has 0 aliphatic carbocycles. The number of likely N-dealkylation sites (N-methyl/N-ethyl adjacent to an activating group) is 1. The lowest BCUT2D eigenvalue weighted by Gasteiger charge is -2.30. The van der Waals surface area contributed by atoms with Gasteiger partial charge in [-0.2, -0.15) is 0 Å². The molecule has 0 radical (unpaired) electrons. The number of nitrogens with zero attached hydrogens (tertiary/aromatic N) is 1. The van der Waals surface area contributed by atoms with Crippen molar-refractivity contribution in [1.29, 1.82) is 0 Å². The summed E-state index contributed by atoms with van der Waals surface area (Å²) in [5.41, 5.74) is 1.79. The fourth-order valence-corrected chi connectivity index (χ4v) is 2.77. The zero-order valence-corrected chi connectivity index (χ0v) is 12.9. The highest BCUT2D eigenvalue weighted by atomic mass is 79.9. The van der Waals surface area contributed by atoms with Crippen molar-refractivity contribution in [2.24, 2.45) is 0 Å². The Balaban J connectivity index is 1.90. The predicted octanol–water partition coefficient (Wildman–Crippen LogP) is 1.82. The van der Waals surface area contributed by atoms with Crippen LogP contribution in [0, 0.1) is 6.92 Å². The molecule has 4 nitrogen and oxygen atoms in total. The van der Waals surface area contributed by atoms with E-state index in [0.717, 1.165) is 29.7 Å². The molecule has 0 bridgehead atoms. The van der Waals surface area contributed by atoms with Gasteiger partial charge in [0.25, 0.3) is 5.91 Å². The third-order valence-electron chi connectivity index (χ3n) is 3.20. The van der Waals surface area contributed by atoms with Crippen LogP contribution in [-0.4, -0.2) is 50.2 Å². The number of rotatable bonds is 3. The standard InChI is InChI=1S/C14H19BrN2O2/c1-10-3-4-12(13(15)7-10)14(18)16-8-11-9-17(2)5-6-19-11/h3-4,7,11H,5-6,8-9H2,1-2H3,(H,16,18). The zero-order chi connectivity index (χ0) is 13.8. The molecule has 1 aromatic carbocycles. The summed E-state index contributed by atoms with van der Waals surface area (Å²) in [6.45, 7) is 5.08. The first-order valence-electron chi connectivity index (χ1n) is 6.41. The van der Waals surface area contributed by atoms with E-state index in [4.69, 9.17) is 4.74 Å². The smallest absolute Gasteiger partial charge is 0.252 e. The van der Waals surface area contributed by atoms with Crippen molar-refractivity contribution in [3.05, 3.63) is 33.8 Å². The second kappa shape index (κ2) is 6.50. The van der Waals surface area contributed by atoms with Gasteiger partial charge in [0.2, 0.25) is 0 Å². The van der Waals surface area contributed by atoms with Crippen molar-refractivity contribution < 1.29 is 9.53 Å². The highest BCUT2D eigenvalue weighted by Gasteiger charge is 2.19. The molecule has 104 valence electrons. The second-order valence-corrected chi connectivity index (χ2v) is 5.80. The van der Waals surface area contributed by atoms with Crippen molar-refractivity contribution in [3.8, 4) is 0 Å². The molecular formula is C14H19BrN2O2. The summed E-state index contributed by atoms with van der Waals surface area (Å²) in [5.74, 6) is -0.0660. The van der Waals surface area contributed by atoms with Gasteiger partial charge in [0, 0.05) is 24.1 Å². The van der Waals surface area contributed by atoms with E-state index in [0.29, 0.717) is 12.1 Å². The van der Waals surface area contributed by atoms with Crippen LogP contribution in [0.3, 0.4) is 0 Å². The second-order valence-electron chi connectivity index (χ2n) is 4.95. The highest BCUT2D eigenvalue weighted by molar-refractivity contribution is 9.10. The van der Waals surface area contributed by atoms with Gasteiger partial charge in [-0.25, -0.2) is 0 Å². The minimum atomic E-state index is -0.0660. The SMILES string of the molecule is Cc1ccc(C(=O)NCC2CN(C)CCO2)c(Br)c1. The summed E-state index contributed by atoms with van der Waals surface area (Å²) in [6.07, 6.45) is 0.0759. The molecule has 2 rings (SSSR count). The molecule has 1 N–H and O–H groups in total. The fraction of sp³-hybridized carbons (Fsp3) is 0.500. The summed E-state index contributed by atoms with van der Waals surface area (Å²) >= 11 is 3.42. The molecular weight excluding hydrogens is 308 g/mol. The normalized spacial score (nSPS) is 20.3. The van der Waals surface area contributed by atoms with Crippen LogP contribution in [0.5, 0.6) is 0 Å². The van der Waals surface area contributed by atoms with E-state index < -0.39 is 0 Å². The van der Waals surface area contributed by atoms with E-state index >= 15 is 0 Å². The molecule has 1 aliphatic rings. The summed E-state index contributed by atoms with van der Waals surface area (Å²) in [6, 6.07) is 5.72. The van der Waals surface area contributed by atoms with Gasteiger partial charge in [-0.05, 0) is 47.6 Å². The molecule has 1 aromatic rings. The van der Waals surface area contributed by atoms with Crippen molar-refractivity contribution in [2.45, 2.75) is 13.0 Å². The third kappa shape index (κ3) is 4.03. The number of benzene rings is 1. The number of nitrogens with one attached hydrogen (secondary N) is 1. The Labute approximate surface area is 122 Å². The minimum absolute atomic E-state index is 0.0660. The molecule has 0 saturated carbocycles. The maximum absolute atomic E-state index is 12.1. The number of amides is 1. The molecule has 1 amide bonds. The predicted molar refractivity (Wildman–Crippen MR) is 78.4 cm³/mol. The Morgan fingerprint density at radius 1 is 1.58 bits per heavy atom. The van der Waals surface area contributed by atoms with Crippen LogP contribution in [0.25, 0.3) is 0 Å². The number of halogens is 1. The summed E-state index contributed by atoms with van der Waals surface area (Å²) in [4.78, 5) is 14.3. The van der Waals surface area contributed by atoms with E-state index in [2.05, 4.69) is 33.2 Å². The molecule has 1 saturated heterocycles. The van der Waals surface area contributed by atoms with E-state index in [-0.39, 0.29) is 12.0 Å². The lowest BCUT2D eigenvalue weighted by molar-refractivity contribution is -0.0175. The first-order chi connectivity index (χ1) is 9.06. The molecule has 1 unspecified atom stereocenters. The number of aryl methyl sites for hydroxylation is 1. The van der Waals surface area contributed by atoms with Crippen LogP contribution in [0.4, 0.5) is 0 Å². The number of hydrogen-bond acceptors (Lipinski definition) is 3. The number of ether oxygens (including phenoxy) is 1. The van der Waals surface area contributed by atoms with Gasteiger partial charge in [-0.3, -0.25) is 4.79 Å². The van der Waals surface area contributed by atoms with Crippen LogP contribution in [0.1, 0.15) is 15.9 Å². The van der Waals surface area contributed by atoms with E-state index in [1.807, 2.05) is 25.1 Å². The fourth-order valence-electron chi connectivity index (χ4n) is 2.10. The third-order valence-corrected chi connectivity index (χ3v) is 3.86. The monoisotopic (exact) mass is 326 g/mol. The maximum atomic E-state index is 12.1. The first kappa shape index (κ1) is 14.5. The quantitative estimate of drug-likeness (QED) is 0.921. The molecule has 0 spiro atoms. The molecule has 19 heavy (non-hydrogen) atoms. The molecule has 1 heterocycles. The molecule has 1 aliphatic heterocycles. The van der Waals surface area contributed by atoms with Gasteiger partial charge < -0.3 is 15.0 Å². The zero-order valence-electron chi connectivity index (χ0n) is 11.3. The average molecular weight is 327 g/mol. The Morgan fingerprint density at radius 3 is 3.05 bits per heavy atom. The van der Waals surface area contributed by atoms with Gasteiger partial charge >= 0.3 is 0 Å². The maximum Gasteiger partial charge on any atom is 0.252 e. The van der Waals surface area contributed by atoms with Gasteiger partial charge in [0.1, 0.15) is 0 Å². The number of morpholine rings is 1. The number of carbonyl (C=O) groups is 1. The summed E-state index contributed by atoms with van der Waals surface area (Å²) in [7, 11) is 2.06. The first-order valence-corrected chi connectivity index (χ1v) is 7.20. The molecule has 0 aromatic heterocycles. The highest BCUT2D eigenvalue weighted by Crippen LogP contribution is 2.18. The van der Waals surface area contributed by atoms with Crippen LogP contribution < -0.4 is 5.32 Å². The van der Waals surface area contributed by atoms with Crippen molar-refractivity contribution in [3.63, 3.8) is 0 Å². The van der Waals surface area contributed by atoms with Crippen molar-refractivity contribution >= 4 is 21.8 Å². The van der Waals surface area contributed by atoms with Crippen LogP contribution in [0.15, 0.2) is 22.7 Å². The minimum Gasteiger partial charge on any atom is -0.374 e. The van der Waals surface area contributed by atoms with Gasteiger partial charge in [0.15, 0.2) is 0 Å². The van der Waals surface area contributed by atoms with Gasteiger partial charge in [-0.1, -0.05) is 6.07 Å². The van der Waals surface area contributed by atoms with Gasteiger partial charge in [0.05, 0.1) is 18.3 Å².